The Hall–Kier alpha value is -2.21. The lowest BCUT2D eigenvalue weighted by Gasteiger charge is -2.12. The molecule has 0 spiro atoms. The summed E-state index contributed by atoms with van der Waals surface area (Å²) in [7, 11) is 0. The van der Waals surface area contributed by atoms with Crippen molar-refractivity contribution in [2.45, 2.75) is 33.1 Å². The molecule has 0 saturated carbocycles. The molecule has 3 rings (SSSR count). The molecular formula is C15H18N2O4. The van der Waals surface area contributed by atoms with Crippen molar-refractivity contribution in [1.29, 1.82) is 0 Å². The first kappa shape index (κ1) is 13.8. The van der Waals surface area contributed by atoms with E-state index in [4.69, 9.17) is 14.2 Å². The predicted molar refractivity (Wildman–Crippen MR) is 75.3 cm³/mol. The second-order valence-electron chi connectivity index (χ2n) is 4.84. The molecule has 0 radical (unpaired) electrons. The highest BCUT2D eigenvalue weighted by molar-refractivity contribution is 5.51. The zero-order valence-electron chi connectivity index (χ0n) is 11.9. The summed E-state index contributed by atoms with van der Waals surface area (Å²) >= 11 is 0. The second-order valence-corrected chi connectivity index (χ2v) is 4.84. The van der Waals surface area contributed by atoms with Crippen LogP contribution in [0.2, 0.25) is 0 Å². The Morgan fingerprint density at radius 2 is 2.14 bits per heavy atom. The van der Waals surface area contributed by atoms with E-state index < -0.39 is 0 Å². The van der Waals surface area contributed by atoms with Gasteiger partial charge in [-0.25, -0.2) is 4.98 Å². The van der Waals surface area contributed by atoms with Crippen LogP contribution in [-0.4, -0.2) is 21.5 Å². The number of fused-ring (bicyclic) bond motifs is 1. The summed E-state index contributed by atoms with van der Waals surface area (Å²) < 4.78 is 18.5. The van der Waals surface area contributed by atoms with Crippen LogP contribution in [0.15, 0.2) is 24.7 Å². The lowest BCUT2D eigenvalue weighted by atomic mass is 10.2. The first-order chi connectivity index (χ1) is 10.3. The molecule has 1 aromatic carbocycles. The first-order valence-electron chi connectivity index (χ1n) is 6.97. The van der Waals surface area contributed by atoms with Gasteiger partial charge >= 0.3 is 0 Å². The number of aliphatic hydroxyl groups excluding tert-OH is 1. The molecule has 0 fully saturated rings. The van der Waals surface area contributed by atoms with Gasteiger partial charge in [0.2, 0.25) is 6.79 Å². The molecule has 6 nitrogen and oxygen atoms in total. The molecule has 112 valence electrons. The standard InChI is InChI=1S/C15H18N2O4/c1-2-3-17-9-16-6-12(17)8-19-13-5-15-14(20-10-21-15)4-11(13)7-18/h4-6,9,18H,2-3,7-8,10H2,1H3. The molecular weight excluding hydrogens is 272 g/mol. The Labute approximate surface area is 122 Å². The number of rotatable bonds is 6. The highest BCUT2D eigenvalue weighted by Gasteiger charge is 2.18. The molecule has 0 amide bonds. The summed E-state index contributed by atoms with van der Waals surface area (Å²) in [5.74, 6) is 1.89. The van der Waals surface area contributed by atoms with Crippen LogP contribution in [-0.2, 0) is 19.8 Å². The second kappa shape index (κ2) is 6.05. The lowest BCUT2D eigenvalue weighted by Crippen LogP contribution is -2.06. The van der Waals surface area contributed by atoms with E-state index in [0.717, 1.165) is 18.7 Å². The fraction of sp³-hybridized carbons (Fsp3) is 0.400. The number of nitrogens with zero attached hydrogens (tertiary/aromatic N) is 2. The minimum atomic E-state index is -0.111. The maximum atomic E-state index is 9.45. The number of aromatic nitrogens is 2. The molecule has 1 aliphatic rings. The number of hydrogen-bond acceptors (Lipinski definition) is 5. The van der Waals surface area contributed by atoms with Crippen LogP contribution in [0.25, 0.3) is 0 Å². The molecule has 2 heterocycles. The molecule has 2 aromatic rings. The normalized spacial score (nSPS) is 12.7. The van der Waals surface area contributed by atoms with E-state index in [1.807, 2.05) is 0 Å². The Bertz CT molecular complexity index is 624. The van der Waals surface area contributed by atoms with Crippen molar-refractivity contribution in [3.63, 3.8) is 0 Å². The van der Waals surface area contributed by atoms with Crippen molar-refractivity contribution in [3.8, 4) is 17.2 Å². The third kappa shape index (κ3) is 2.80. The SMILES string of the molecule is CCCn1cncc1COc1cc2c(cc1CO)OCO2. The number of aliphatic hydroxyl groups is 1. The highest BCUT2D eigenvalue weighted by Crippen LogP contribution is 2.38. The van der Waals surface area contributed by atoms with Crippen LogP contribution in [0.1, 0.15) is 24.6 Å². The van der Waals surface area contributed by atoms with E-state index in [2.05, 4.69) is 16.5 Å². The zero-order chi connectivity index (χ0) is 14.7. The molecule has 0 unspecified atom stereocenters. The van der Waals surface area contributed by atoms with Crippen molar-refractivity contribution in [3.05, 3.63) is 35.9 Å². The van der Waals surface area contributed by atoms with Crippen LogP contribution in [0.3, 0.4) is 0 Å². The van der Waals surface area contributed by atoms with E-state index in [1.165, 1.54) is 0 Å². The molecule has 21 heavy (non-hydrogen) atoms. The van der Waals surface area contributed by atoms with Crippen molar-refractivity contribution in [2.24, 2.45) is 0 Å². The lowest BCUT2D eigenvalue weighted by molar-refractivity contribution is 0.173. The van der Waals surface area contributed by atoms with Gasteiger partial charge in [-0.15, -0.1) is 0 Å². The number of ether oxygens (including phenoxy) is 3. The van der Waals surface area contributed by atoms with Crippen LogP contribution < -0.4 is 14.2 Å². The number of hydrogen-bond donors (Lipinski definition) is 1. The van der Waals surface area contributed by atoms with Gasteiger partial charge in [0.1, 0.15) is 12.4 Å². The molecule has 0 atom stereocenters. The summed E-state index contributed by atoms with van der Waals surface area (Å²) in [6.45, 7) is 3.51. The van der Waals surface area contributed by atoms with Crippen molar-refractivity contribution in [1.82, 2.24) is 9.55 Å². The van der Waals surface area contributed by atoms with Gasteiger partial charge < -0.3 is 23.9 Å². The largest absolute Gasteiger partial charge is 0.487 e. The van der Waals surface area contributed by atoms with E-state index in [-0.39, 0.29) is 13.4 Å². The topological polar surface area (TPSA) is 65.7 Å². The van der Waals surface area contributed by atoms with Gasteiger partial charge in [0.05, 0.1) is 24.8 Å². The van der Waals surface area contributed by atoms with Gasteiger partial charge in [0.25, 0.3) is 0 Å². The van der Waals surface area contributed by atoms with Crippen molar-refractivity contribution >= 4 is 0 Å². The zero-order valence-corrected chi connectivity index (χ0v) is 11.9. The smallest absolute Gasteiger partial charge is 0.231 e. The van der Waals surface area contributed by atoms with Crippen LogP contribution in [0.4, 0.5) is 0 Å². The van der Waals surface area contributed by atoms with Crippen molar-refractivity contribution < 1.29 is 19.3 Å². The Morgan fingerprint density at radius 1 is 1.33 bits per heavy atom. The minimum Gasteiger partial charge on any atom is -0.487 e. The third-order valence-corrected chi connectivity index (χ3v) is 3.36. The Morgan fingerprint density at radius 3 is 2.90 bits per heavy atom. The quantitative estimate of drug-likeness (QED) is 0.882. The summed E-state index contributed by atoms with van der Waals surface area (Å²) in [5, 5.41) is 9.45. The Kier molecular flexibility index (Phi) is 3.96. The van der Waals surface area contributed by atoms with Gasteiger partial charge in [-0.2, -0.15) is 0 Å². The van der Waals surface area contributed by atoms with E-state index in [0.29, 0.717) is 29.4 Å². The number of aryl methyl sites for hydroxylation is 1. The van der Waals surface area contributed by atoms with Gasteiger partial charge in [-0.05, 0) is 12.5 Å². The molecule has 0 aliphatic carbocycles. The fourth-order valence-electron chi connectivity index (χ4n) is 2.29. The molecule has 1 N–H and O–H groups in total. The average Bonchev–Trinajstić information content (AvgIpc) is 3.12. The van der Waals surface area contributed by atoms with E-state index in [9.17, 15) is 5.11 Å². The van der Waals surface area contributed by atoms with Gasteiger partial charge in [0, 0.05) is 18.2 Å². The van der Waals surface area contributed by atoms with E-state index in [1.54, 1.807) is 24.7 Å². The maximum absolute atomic E-state index is 9.45. The molecule has 1 aliphatic heterocycles. The van der Waals surface area contributed by atoms with Crippen molar-refractivity contribution in [2.75, 3.05) is 6.79 Å². The summed E-state index contributed by atoms with van der Waals surface area (Å²) in [6.07, 6.45) is 4.63. The monoisotopic (exact) mass is 290 g/mol. The molecule has 1 aromatic heterocycles. The summed E-state index contributed by atoms with van der Waals surface area (Å²) in [5.41, 5.74) is 1.68. The van der Waals surface area contributed by atoms with Gasteiger partial charge in [-0.3, -0.25) is 0 Å². The molecule has 0 saturated heterocycles. The molecule has 6 heteroatoms. The van der Waals surface area contributed by atoms with Crippen LogP contribution >= 0.6 is 0 Å². The van der Waals surface area contributed by atoms with E-state index >= 15 is 0 Å². The van der Waals surface area contributed by atoms with Crippen LogP contribution in [0, 0.1) is 0 Å². The maximum Gasteiger partial charge on any atom is 0.231 e. The average molecular weight is 290 g/mol. The first-order valence-corrected chi connectivity index (χ1v) is 6.97. The highest BCUT2D eigenvalue weighted by atomic mass is 16.7. The number of imidazole rings is 1. The van der Waals surface area contributed by atoms with Crippen LogP contribution in [0.5, 0.6) is 17.2 Å². The fourth-order valence-corrected chi connectivity index (χ4v) is 2.29. The minimum absolute atomic E-state index is 0.111. The third-order valence-electron chi connectivity index (χ3n) is 3.36. The Balaban J connectivity index is 1.77. The number of benzene rings is 1. The van der Waals surface area contributed by atoms with Gasteiger partial charge in [-0.1, -0.05) is 6.92 Å². The molecule has 0 bridgehead atoms. The predicted octanol–water partition coefficient (Wildman–Crippen LogP) is 2.09. The summed E-state index contributed by atoms with van der Waals surface area (Å²) in [6, 6.07) is 3.51. The van der Waals surface area contributed by atoms with Gasteiger partial charge in [0.15, 0.2) is 11.5 Å². The summed E-state index contributed by atoms with van der Waals surface area (Å²) in [4.78, 5) is 4.14.